The van der Waals surface area contributed by atoms with Crippen molar-refractivity contribution in [3.05, 3.63) is 18.5 Å². The van der Waals surface area contributed by atoms with Crippen molar-refractivity contribution in [1.29, 1.82) is 0 Å². The number of ether oxygens (including phenoxy) is 1. The fourth-order valence-corrected chi connectivity index (χ4v) is 1.66. The highest BCUT2D eigenvalue weighted by molar-refractivity contribution is 5.68. The van der Waals surface area contributed by atoms with Crippen LogP contribution in [-0.2, 0) is 4.74 Å². The van der Waals surface area contributed by atoms with Crippen LogP contribution in [0.2, 0.25) is 0 Å². The monoisotopic (exact) mass is 250 g/mol. The smallest absolute Gasteiger partial charge is 0.407 e. The molecule has 0 unspecified atom stereocenters. The van der Waals surface area contributed by atoms with Gasteiger partial charge in [-0.2, -0.15) is 0 Å². The SMILES string of the molecule is CC(C)(C)OC(=O)NC1CN(c2ncccn2)C1. The van der Waals surface area contributed by atoms with Crippen molar-refractivity contribution in [3.63, 3.8) is 0 Å². The number of carbonyl (C=O) groups is 1. The minimum Gasteiger partial charge on any atom is -0.444 e. The minimum absolute atomic E-state index is 0.101. The van der Waals surface area contributed by atoms with E-state index in [9.17, 15) is 4.79 Å². The van der Waals surface area contributed by atoms with Crippen LogP contribution in [-0.4, -0.2) is 40.8 Å². The van der Waals surface area contributed by atoms with E-state index in [-0.39, 0.29) is 12.1 Å². The Morgan fingerprint density at radius 2 is 2.00 bits per heavy atom. The maximum Gasteiger partial charge on any atom is 0.407 e. The number of hydrogen-bond donors (Lipinski definition) is 1. The van der Waals surface area contributed by atoms with Gasteiger partial charge in [-0.3, -0.25) is 0 Å². The molecule has 0 radical (unpaired) electrons. The second kappa shape index (κ2) is 4.80. The van der Waals surface area contributed by atoms with Gasteiger partial charge in [-0.05, 0) is 26.8 Å². The number of alkyl carbamates (subject to hydrolysis) is 1. The quantitative estimate of drug-likeness (QED) is 0.854. The van der Waals surface area contributed by atoms with Gasteiger partial charge in [-0.1, -0.05) is 0 Å². The third kappa shape index (κ3) is 3.32. The molecule has 0 saturated carbocycles. The van der Waals surface area contributed by atoms with Crippen LogP contribution in [0.4, 0.5) is 10.7 Å². The van der Waals surface area contributed by atoms with Crippen LogP contribution in [0.5, 0.6) is 0 Å². The minimum atomic E-state index is -0.462. The molecule has 0 spiro atoms. The average molecular weight is 250 g/mol. The molecule has 98 valence electrons. The molecule has 0 aliphatic carbocycles. The topological polar surface area (TPSA) is 67.3 Å². The molecule has 18 heavy (non-hydrogen) atoms. The molecule has 1 fully saturated rings. The molecule has 1 aromatic rings. The molecular weight excluding hydrogens is 232 g/mol. The van der Waals surface area contributed by atoms with Gasteiger partial charge in [0.25, 0.3) is 0 Å². The Balaban J connectivity index is 1.75. The zero-order valence-electron chi connectivity index (χ0n) is 10.9. The molecule has 0 atom stereocenters. The molecule has 1 amide bonds. The summed E-state index contributed by atoms with van der Waals surface area (Å²) >= 11 is 0. The van der Waals surface area contributed by atoms with E-state index < -0.39 is 5.60 Å². The van der Waals surface area contributed by atoms with Crippen molar-refractivity contribution >= 4 is 12.0 Å². The lowest BCUT2D eigenvalue weighted by Crippen LogP contribution is -2.60. The van der Waals surface area contributed by atoms with Crippen LogP contribution in [0.25, 0.3) is 0 Å². The van der Waals surface area contributed by atoms with Gasteiger partial charge >= 0.3 is 6.09 Å². The Morgan fingerprint density at radius 3 is 2.56 bits per heavy atom. The van der Waals surface area contributed by atoms with Gasteiger partial charge in [-0.25, -0.2) is 14.8 Å². The summed E-state index contributed by atoms with van der Waals surface area (Å²) in [5, 5.41) is 2.81. The first kappa shape index (κ1) is 12.6. The normalized spacial score (nSPS) is 16.1. The van der Waals surface area contributed by atoms with E-state index in [2.05, 4.69) is 15.3 Å². The van der Waals surface area contributed by atoms with Crippen molar-refractivity contribution in [3.8, 4) is 0 Å². The summed E-state index contributed by atoms with van der Waals surface area (Å²) in [5.41, 5.74) is -0.462. The van der Waals surface area contributed by atoms with E-state index >= 15 is 0 Å². The second-order valence-corrected chi connectivity index (χ2v) is 5.30. The Morgan fingerprint density at radius 1 is 1.39 bits per heavy atom. The number of nitrogens with zero attached hydrogens (tertiary/aromatic N) is 3. The number of aromatic nitrogens is 2. The molecule has 0 aromatic carbocycles. The van der Waals surface area contributed by atoms with Gasteiger partial charge in [0.05, 0.1) is 6.04 Å². The summed E-state index contributed by atoms with van der Waals surface area (Å²) < 4.78 is 5.19. The van der Waals surface area contributed by atoms with Crippen molar-refractivity contribution in [2.75, 3.05) is 18.0 Å². The Bertz CT molecular complexity index is 410. The third-order valence-electron chi connectivity index (χ3n) is 2.44. The van der Waals surface area contributed by atoms with Crippen LogP contribution in [0.1, 0.15) is 20.8 Å². The third-order valence-corrected chi connectivity index (χ3v) is 2.44. The summed E-state index contributed by atoms with van der Waals surface area (Å²) in [6, 6.07) is 1.88. The lowest BCUT2D eigenvalue weighted by molar-refractivity contribution is 0.0495. The number of nitrogens with one attached hydrogen (secondary N) is 1. The van der Waals surface area contributed by atoms with Crippen LogP contribution in [0.3, 0.4) is 0 Å². The van der Waals surface area contributed by atoms with Crippen LogP contribution in [0, 0.1) is 0 Å². The molecule has 1 saturated heterocycles. The number of carbonyl (C=O) groups excluding carboxylic acids is 1. The van der Waals surface area contributed by atoms with Gasteiger partial charge in [0.2, 0.25) is 5.95 Å². The molecule has 2 heterocycles. The lowest BCUT2D eigenvalue weighted by atomic mass is 10.1. The first-order valence-corrected chi connectivity index (χ1v) is 5.95. The molecule has 1 aliphatic heterocycles. The van der Waals surface area contributed by atoms with E-state index in [1.54, 1.807) is 18.5 Å². The molecule has 1 N–H and O–H groups in total. The number of anilines is 1. The lowest BCUT2D eigenvalue weighted by Gasteiger charge is -2.39. The summed E-state index contributed by atoms with van der Waals surface area (Å²) in [6.07, 6.45) is 3.04. The number of hydrogen-bond acceptors (Lipinski definition) is 5. The fraction of sp³-hybridized carbons (Fsp3) is 0.583. The zero-order chi connectivity index (χ0) is 13.2. The fourth-order valence-electron chi connectivity index (χ4n) is 1.66. The van der Waals surface area contributed by atoms with E-state index in [1.165, 1.54) is 0 Å². The second-order valence-electron chi connectivity index (χ2n) is 5.30. The Kier molecular flexibility index (Phi) is 3.36. The van der Waals surface area contributed by atoms with Crippen LogP contribution >= 0.6 is 0 Å². The maximum atomic E-state index is 11.5. The van der Waals surface area contributed by atoms with Crippen molar-refractivity contribution in [2.45, 2.75) is 32.4 Å². The highest BCUT2D eigenvalue weighted by atomic mass is 16.6. The predicted molar refractivity (Wildman–Crippen MR) is 67.4 cm³/mol. The first-order chi connectivity index (χ1) is 8.44. The molecule has 0 bridgehead atoms. The van der Waals surface area contributed by atoms with Crippen molar-refractivity contribution < 1.29 is 9.53 Å². The van der Waals surface area contributed by atoms with Crippen molar-refractivity contribution in [2.24, 2.45) is 0 Å². The Hall–Kier alpha value is -1.85. The first-order valence-electron chi connectivity index (χ1n) is 5.95. The Labute approximate surface area is 106 Å². The molecule has 2 rings (SSSR count). The molecule has 6 heteroatoms. The molecule has 6 nitrogen and oxygen atoms in total. The van der Waals surface area contributed by atoms with E-state index in [0.29, 0.717) is 19.0 Å². The molecular formula is C12H18N4O2. The van der Waals surface area contributed by atoms with Gasteiger partial charge in [0.1, 0.15) is 5.60 Å². The van der Waals surface area contributed by atoms with E-state index in [0.717, 1.165) is 0 Å². The summed E-state index contributed by atoms with van der Waals surface area (Å²) in [4.78, 5) is 21.8. The van der Waals surface area contributed by atoms with E-state index in [1.807, 2.05) is 25.7 Å². The average Bonchev–Trinajstić information content (AvgIpc) is 2.21. The molecule has 1 aromatic heterocycles. The van der Waals surface area contributed by atoms with Gasteiger partial charge in [0.15, 0.2) is 0 Å². The predicted octanol–water partition coefficient (Wildman–Crippen LogP) is 1.19. The summed E-state index contributed by atoms with van der Waals surface area (Å²) in [7, 11) is 0. The van der Waals surface area contributed by atoms with Gasteiger partial charge < -0.3 is 15.0 Å². The molecule has 1 aliphatic rings. The van der Waals surface area contributed by atoms with Gasteiger partial charge in [-0.15, -0.1) is 0 Å². The van der Waals surface area contributed by atoms with Crippen LogP contribution in [0.15, 0.2) is 18.5 Å². The number of amides is 1. The highest BCUT2D eigenvalue weighted by Gasteiger charge is 2.31. The standard InChI is InChI=1S/C12H18N4O2/c1-12(2,3)18-11(17)15-9-7-16(8-9)10-13-5-4-6-14-10/h4-6,9H,7-8H2,1-3H3,(H,15,17). The summed E-state index contributed by atoms with van der Waals surface area (Å²) in [5.74, 6) is 0.694. The maximum absolute atomic E-state index is 11.5. The van der Waals surface area contributed by atoms with E-state index in [4.69, 9.17) is 4.74 Å². The summed E-state index contributed by atoms with van der Waals surface area (Å²) in [6.45, 7) is 6.96. The number of rotatable bonds is 2. The van der Waals surface area contributed by atoms with Gasteiger partial charge in [0, 0.05) is 25.5 Å². The zero-order valence-corrected chi connectivity index (χ0v) is 10.9. The highest BCUT2D eigenvalue weighted by Crippen LogP contribution is 2.15. The largest absolute Gasteiger partial charge is 0.444 e. The van der Waals surface area contributed by atoms with Crippen LogP contribution < -0.4 is 10.2 Å². The van der Waals surface area contributed by atoms with Crippen molar-refractivity contribution in [1.82, 2.24) is 15.3 Å².